The molecule has 0 aliphatic carbocycles. The van der Waals surface area contributed by atoms with Crippen molar-refractivity contribution in [3.63, 3.8) is 0 Å². The first-order valence-electron chi connectivity index (χ1n) is 6.74. The monoisotopic (exact) mass is 293 g/mol. The molecule has 0 saturated heterocycles. The molecule has 1 aromatic carbocycles. The maximum absolute atomic E-state index is 11.4. The number of hydrogen-bond acceptors (Lipinski definition) is 4. The number of imide groups is 1. The molecule has 0 heterocycles. The molecular weight excluding hydrogens is 270 g/mol. The Labute approximate surface area is 125 Å². The van der Waals surface area contributed by atoms with Crippen LogP contribution in [0.3, 0.4) is 0 Å². The molecule has 0 fully saturated rings. The zero-order valence-corrected chi connectivity index (χ0v) is 12.9. The van der Waals surface area contributed by atoms with Gasteiger partial charge in [0.05, 0.1) is 0 Å². The predicted molar refractivity (Wildman–Crippen MR) is 81.0 cm³/mol. The van der Waals surface area contributed by atoms with Gasteiger partial charge in [0.2, 0.25) is 0 Å². The maximum atomic E-state index is 11.4. The van der Waals surface area contributed by atoms with E-state index in [0.717, 1.165) is 11.1 Å². The Hall–Kier alpha value is -2.08. The van der Waals surface area contributed by atoms with Crippen LogP contribution in [0.1, 0.15) is 31.9 Å². The topological polar surface area (TPSA) is 93.4 Å². The molecule has 21 heavy (non-hydrogen) atoms. The number of nitrogens with two attached hydrogens (primary N) is 1. The molecule has 0 aliphatic heterocycles. The summed E-state index contributed by atoms with van der Waals surface area (Å²) in [7, 11) is 0. The molecule has 0 unspecified atom stereocenters. The van der Waals surface area contributed by atoms with E-state index < -0.39 is 11.9 Å². The number of aryl methyl sites for hydroxylation is 1. The molecule has 116 valence electrons. The molecular formula is C15H23N3O3. The van der Waals surface area contributed by atoms with Crippen molar-refractivity contribution in [3.8, 4) is 5.75 Å². The zero-order chi connectivity index (χ0) is 16.0. The number of primary amides is 1. The molecule has 6 nitrogen and oxygen atoms in total. The van der Waals surface area contributed by atoms with Crippen LogP contribution >= 0.6 is 0 Å². The number of rotatable bonds is 5. The minimum atomic E-state index is -0.887. The lowest BCUT2D eigenvalue weighted by Gasteiger charge is -2.22. The van der Waals surface area contributed by atoms with Crippen LogP contribution in [0, 0.1) is 6.92 Å². The lowest BCUT2D eigenvalue weighted by molar-refractivity contribution is -0.121. The SMILES string of the molecule is Cc1ccc(OCC(=O)NC(N)=O)c(CNC(C)(C)C)c1. The largest absolute Gasteiger partial charge is 0.483 e. The summed E-state index contributed by atoms with van der Waals surface area (Å²) in [4.78, 5) is 21.9. The van der Waals surface area contributed by atoms with E-state index >= 15 is 0 Å². The second-order valence-electron chi connectivity index (χ2n) is 5.92. The number of hydrogen-bond donors (Lipinski definition) is 3. The first-order valence-corrected chi connectivity index (χ1v) is 6.74. The Morgan fingerprint density at radius 2 is 1.95 bits per heavy atom. The predicted octanol–water partition coefficient (Wildman–Crippen LogP) is 1.46. The fraction of sp³-hybridized carbons (Fsp3) is 0.467. The van der Waals surface area contributed by atoms with Gasteiger partial charge in [-0.2, -0.15) is 0 Å². The summed E-state index contributed by atoms with van der Waals surface area (Å²) in [6.45, 7) is 8.58. The quantitative estimate of drug-likeness (QED) is 0.766. The summed E-state index contributed by atoms with van der Waals surface area (Å²) in [6.07, 6.45) is 0. The van der Waals surface area contributed by atoms with Crippen molar-refractivity contribution < 1.29 is 14.3 Å². The Morgan fingerprint density at radius 3 is 2.52 bits per heavy atom. The third kappa shape index (κ3) is 6.76. The number of carbonyl (C=O) groups is 2. The van der Waals surface area contributed by atoms with Crippen LogP contribution in [0.15, 0.2) is 18.2 Å². The molecule has 0 aromatic heterocycles. The molecule has 3 amide bonds. The highest BCUT2D eigenvalue weighted by Crippen LogP contribution is 2.20. The van der Waals surface area contributed by atoms with Crippen molar-refractivity contribution >= 4 is 11.9 Å². The van der Waals surface area contributed by atoms with Crippen LogP contribution in [-0.2, 0) is 11.3 Å². The molecule has 4 N–H and O–H groups in total. The zero-order valence-electron chi connectivity index (χ0n) is 12.9. The fourth-order valence-corrected chi connectivity index (χ4v) is 1.66. The molecule has 1 aromatic rings. The highest BCUT2D eigenvalue weighted by Gasteiger charge is 2.12. The van der Waals surface area contributed by atoms with E-state index in [1.54, 1.807) is 0 Å². The lowest BCUT2D eigenvalue weighted by Crippen LogP contribution is -2.38. The van der Waals surface area contributed by atoms with Gasteiger partial charge >= 0.3 is 6.03 Å². The van der Waals surface area contributed by atoms with Gasteiger partial charge < -0.3 is 15.8 Å². The number of carbonyl (C=O) groups excluding carboxylic acids is 2. The number of amides is 3. The molecule has 0 aliphatic rings. The number of nitrogens with one attached hydrogen (secondary N) is 2. The first kappa shape index (κ1) is 17.0. The van der Waals surface area contributed by atoms with Crippen molar-refractivity contribution in [3.05, 3.63) is 29.3 Å². The van der Waals surface area contributed by atoms with Gasteiger partial charge in [-0.3, -0.25) is 10.1 Å². The molecule has 0 spiro atoms. The average molecular weight is 293 g/mol. The molecule has 0 atom stereocenters. The smallest absolute Gasteiger partial charge is 0.318 e. The Morgan fingerprint density at radius 1 is 1.29 bits per heavy atom. The third-order valence-electron chi connectivity index (χ3n) is 2.65. The molecule has 0 bridgehead atoms. The van der Waals surface area contributed by atoms with Crippen molar-refractivity contribution in [2.45, 2.75) is 39.8 Å². The molecule has 0 radical (unpaired) electrons. The highest BCUT2D eigenvalue weighted by atomic mass is 16.5. The maximum Gasteiger partial charge on any atom is 0.318 e. The standard InChI is InChI=1S/C15H23N3O3/c1-10-5-6-12(21-9-13(19)18-14(16)20)11(7-10)8-17-15(2,3)4/h5-7,17H,8-9H2,1-4H3,(H3,16,18,19,20). The number of ether oxygens (including phenoxy) is 1. The molecule has 0 saturated carbocycles. The van der Waals surface area contributed by atoms with E-state index in [4.69, 9.17) is 10.5 Å². The van der Waals surface area contributed by atoms with E-state index in [-0.39, 0.29) is 12.1 Å². The van der Waals surface area contributed by atoms with Gasteiger partial charge in [-0.05, 0) is 33.8 Å². The van der Waals surface area contributed by atoms with Crippen LogP contribution < -0.4 is 21.1 Å². The van der Waals surface area contributed by atoms with Crippen LogP contribution in [0.5, 0.6) is 5.75 Å². The molecule has 1 rings (SSSR count). The summed E-state index contributed by atoms with van der Waals surface area (Å²) in [5.41, 5.74) is 6.91. The molecule has 6 heteroatoms. The summed E-state index contributed by atoms with van der Waals surface area (Å²) < 4.78 is 5.46. The van der Waals surface area contributed by atoms with E-state index in [0.29, 0.717) is 12.3 Å². The first-order chi connectivity index (χ1) is 9.67. The van der Waals surface area contributed by atoms with Gasteiger partial charge in [0.25, 0.3) is 5.91 Å². The van der Waals surface area contributed by atoms with Crippen molar-refractivity contribution in [1.82, 2.24) is 10.6 Å². The van der Waals surface area contributed by atoms with Gasteiger partial charge in [-0.1, -0.05) is 17.7 Å². The highest BCUT2D eigenvalue weighted by molar-refractivity contribution is 5.94. The number of urea groups is 1. The minimum Gasteiger partial charge on any atom is -0.483 e. The lowest BCUT2D eigenvalue weighted by atomic mass is 10.1. The van der Waals surface area contributed by atoms with Crippen molar-refractivity contribution in [2.24, 2.45) is 5.73 Å². The summed E-state index contributed by atoms with van der Waals surface area (Å²) in [6, 6.07) is 4.83. The average Bonchev–Trinajstić information content (AvgIpc) is 2.33. The van der Waals surface area contributed by atoms with Gasteiger partial charge in [-0.25, -0.2) is 4.79 Å². The number of benzene rings is 1. The summed E-state index contributed by atoms with van der Waals surface area (Å²) in [5.74, 6) is 0.0368. The second-order valence-corrected chi connectivity index (χ2v) is 5.92. The van der Waals surface area contributed by atoms with Crippen molar-refractivity contribution in [1.29, 1.82) is 0 Å². The third-order valence-corrected chi connectivity index (χ3v) is 2.65. The fourth-order valence-electron chi connectivity index (χ4n) is 1.66. The Bertz CT molecular complexity index is 521. The van der Waals surface area contributed by atoms with Crippen molar-refractivity contribution in [2.75, 3.05) is 6.61 Å². The van der Waals surface area contributed by atoms with E-state index in [1.165, 1.54) is 0 Å². The Balaban J connectivity index is 2.72. The second kappa shape index (κ2) is 7.08. The minimum absolute atomic E-state index is 0.0235. The van der Waals surface area contributed by atoms with Gasteiger partial charge in [0, 0.05) is 17.6 Å². The van der Waals surface area contributed by atoms with Crippen LogP contribution in [0.2, 0.25) is 0 Å². The van der Waals surface area contributed by atoms with Crippen LogP contribution in [0.4, 0.5) is 4.79 Å². The van der Waals surface area contributed by atoms with Gasteiger partial charge in [0.1, 0.15) is 5.75 Å². The van der Waals surface area contributed by atoms with E-state index in [9.17, 15) is 9.59 Å². The Kier molecular flexibility index (Phi) is 5.72. The van der Waals surface area contributed by atoms with Crippen LogP contribution in [-0.4, -0.2) is 24.1 Å². The van der Waals surface area contributed by atoms with E-state index in [1.807, 2.05) is 30.4 Å². The summed E-state index contributed by atoms with van der Waals surface area (Å²) >= 11 is 0. The van der Waals surface area contributed by atoms with Crippen LogP contribution in [0.25, 0.3) is 0 Å². The summed E-state index contributed by atoms with van der Waals surface area (Å²) in [5, 5.41) is 5.33. The van der Waals surface area contributed by atoms with Gasteiger partial charge in [0.15, 0.2) is 6.61 Å². The van der Waals surface area contributed by atoms with E-state index in [2.05, 4.69) is 26.1 Å². The normalized spacial score (nSPS) is 11.0. The van der Waals surface area contributed by atoms with Gasteiger partial charge in [-0.15, -0.1) is 0 Å².